The molecule has 3 nitrogen and oxygen atoms in total. The van der Waals surface area contributed by atoms with E-state index in [0.717, 1.165) is 19.0 Å². The van der Waals surface area contributed by atoms with E-state index >= 15 is 0 Å². The van der Waals surface area contributed by atoms with Crippen LogP contribution in [0, 0.1) is 0 Å². The Hall–Kier alpha value is -0.570. The molecular formula is C7H15NO2. The normalized spacial score (nSPS) is 29.5. The number of nitrogens with one attached hydrogen (secondary N) is 1. The molecule has 0 bridgehead atoms. The highest BCUT2D eigenvalue weighted by atomic mass is 16.4. The zero-order chi connectivity index (χ0) is 8.15. The summed E-state index contributed by atoms with van der Waals surface area (Å²) in [5.41, 5.74) is 0. The van der Waals surface area contributed by atoms with Gasteiger partial charge in [-0.2, -0.15) is 0 Å². The summed E-state index contributed by atoms with van der Waals surface area (Å²) < 4.78 is 0. The SMILES string of the molecule is CC(=O)O.C[C@H]1C[C@H](C)N1. The highest BCUT2D eigenvalue weighted by molar-refractivity contribution is 5.62. The minimum atomic E-state index is -0.833. The Bertz CT molecular complexity index is 98.2. The monoisotopic (exact) mass is 145 g/mol. The molecule has 0 aromatic rings. The average Bonchev–Trinajstić information content (AvgIpc) is 1.60. The van der Waals surface area contributed by atoms with Crippen LogP contribution >= 0.6 is 0 Å². The van der Waals surface area contributed by atoms with Crippen LogP contribution < -0.4 is 5.32 Å². The number of carboxylic acids is 1. The lowest BCUT2D eigenvalue weighted by Gasteiger charge is -2.31. The molecule has 0 unspecified atom stereocenters. The first-order valence-corrected chi connectivity index (χ1v) is 3.48. The van der Waals surface area contributed by atoms with Gasteiger partial charge < -0.3 is 10.4 Å². The zero-order valence-electron chi connectivity index (χ0n) is 6.72. The van der Waals surface area contributed by atoms with E-state index in [1.807, 2.05) is 0 Å². The van der Waals surface area contributed by atoms with Crippen molar-refractivity contribution in [2.45, 2.75) is 39.3 Å². The van der Waals surface area contributed by atoms with Gasteiger partial charge >= 0.3 is 0 Å². The predicted molar refractivity (Wildman–Crippen MR) is 40.0 cm³/mol. The standard InChI is InChI=1S/C5H11N.C2H4O2/c1-4-3-5(2)6-4;1-2(3)4/h4-6H,3H2,1-2H3;1H3,(H,3,4)/t4-,5-;/m0./s1. The van der Waals surface area contributed by atoms with Crippen molar-refractivity contribution in [2.75, 3.05) is 0 Å². The smallest absolute Gasteiger partial charge is 0.300 e. The fourth-order valence-corrected chi connectivity index (χ4v) is 0.992. The molecule has 2 N–H and O–H groups in total. The van der Waals surface area contributed by atoms with Crippen LogP contribution in [0.5, 0.6) is 0 Å². The van der Waals surface area contributed by atoms with Gasteiger partial charge in [-0.05, 0) is 20.3 Å². The largest absolute Gasteiger partial charge is 0.481 e. The van der Waals surface area contributed by atoms with Gasteiger partial charge in [0.1, 0.15) is 0 Å². The van der Waals surface area contributed by atoms with Crippen molar-refractivity contribution in [1.29, 1.82) is 0 Å². The molecule has 1 saturated heterocycles. The Labute approximate surface area is 61.4 Å². The highest BCUT2D eigenvalue weighted by Gasteiger charge is 2.17. The average molecular weight is 145 g/mol. The fraction of sp³-hybridized carbons (Fsp3) is 0.857. The molecular weight excluding hydrogens is 130 g/mol. The van der Waals surface area contributed by atoms with E-state index in [9.17, 15) is 0 Å². The lowest BCUT2D eigenvalue weighted by Crippen LogP contribution is -2.48. The van der Waals surface area contributed by atoms with E-state index < -0.39 is 5.97 Å². The molecule has 3 heteroatoms. The summed E-state index contributed by atoms with van der Waals surface area (Å²) in [6.07, 6.45) is 1.36. The lowest BCUT2D eigenvalue weighted by atomic mass is 10.0. The Kier molecular flexibility index (Phi) is 4.03. The number of hydrogen-bond donors (Lipinski definition) is 2. The summed E-state index contributed by atoms with van der Waals surface area (Å²) in [7, 11) is 0. The van der Waals surface area contributed by atoms with E-state index in [-0.39, 0.29) is 0 Å². The van der Waals surface area contributed by atoms with Gasteiger partial charge in [-0.3, -0.25) is 4.79 Å². The third-order valence-corrected chi connectivity index (χ3v) is 1.28. The van der Waals surface area contributed by atoms with Crippen LogP contribution in [0.2, 0.25) is 0 Å². The minimum absolute atomic E-state index is 0.792. The Morgan fingerprint density at radius 1 is 1.50 bits per heavy atom. The molecule has 2 atom stereocenters. The maximum absolute atomic E-state index is 9.00. The number of hydrogen-bond acceptors (Lipinski definition) is 2. The summed E-state index contributed by atoms with van der Waals surface area (Å²) in [6.45, 7) is 5.50. The number of rotatable bonds is 0. The van der Waals surface area contributed by atoms with E-state index in [1.54, 1.807) is 0 Å². The van der Waals surface area contributed by atoms with E-state index in [1.165, 1.54) is 6.42 Å². The molecule has 0 amide bonds. The molecule has 10 heavy (non-hydrogen) atoms. The number of carbonyl (C=O) groups is 1. The van der Waals surface area contributed by atoms with E-state index in [0.29, 0.717) is 0 Å². The van der Waals surface area contributed by atoms with Gasteiger partial charge in [-0.15, -0.1) is 0 Å². The third-order valence-electron chi connectivity index (χ3n) is 1.28. The van der Waals surface area contributed by atoms with Crippen LogP contribution in [-0.2, 0) is 4.79 Å². The van der Waals surface area contributed by atoms with Gasteiger partial charge in [-0.25, -0.2) is 0 Å². The molecule has 0 spiro atoms. The predicted octanol–water partition coefficient (Wildman–Crippen LogP) is 0.848. The second-order valence-electron chi connectivity index (χ2n) is 2.72. The fourth-order valence-electron chi connectivity index (χ4n) is 0.992. The minimum Gasteiger partial charge on any atom is -0.481 e. The summed E-state index contributed by atoms with van der Waals surface area (Å²) in [5, 5.41) is 10.7. The molecule has 1 aliphatic heterocycles. The van der Waals surface area contributed by atoms with E-state index in [4.69, 9.17) is 9.90 Å². The molecule has 0 aromatic carbocycles. The van der Waals surface area contributed by atoms with Crippen molar-refractivity contribution in [1.82, 2.24) is 5.32 Å². The van der Waals surface area contributed by atoms with Gasteiger partial charge in [0.25, 0.3) is 5.97 Å². The zero-order valence-corrected chi connectivity index (χ0v) is 6.72. The van der Waals surface area contributed by atoms with Crippen LogP contribution in [0.3, 0.4) is 0 Å². The van der Waals surface area contributed by atoms with Crippen molar-refractivity contribution < 1.29 is 9.90 Å². The van der Waals surface area contributed by atoms with Crippen LogP contribution in [0.1, 0.15) is 27.2 Å². The number of aliphatic carboxylic acids is 1. The van der Waals surface area contributed by atoms with Crippen molar-refractivity contribution in [3.63, 3.8) is 0 Å². The van der Waals surface area contributed by atoms with E-state index in [2.05, 4.69) is 19.2 Å². The van der Waals surface area contributed by atoms with Gasteiger partial charge in [0, 0.05) is 19.0 Å². The molecule has 0 aliphatic carbocycles. The maximum Gasteiger partial charge on any atom is 0.300 e. The first-order valence-electron chi connectivity index (χ1n) is 3.48. The quantitative estimate of drug-likeness (QED) is 0.531. The summed E-state index contributed by atoms with van der Waals surface area (Å²) in [4.78, 5) is 9.00. The molecule has 1 aliphatic rings. The molecule has 60 valence electrons. The topological polar surface area (TPSA) is 49.3 Å². The second kappa shape index (κ2) is 4.28. The second-order valence-corrected chi connectivity index (χ2v) is 2.72. The summed E-state index contributed by atoms with van der Waals surface area (Å²) in [5.74, 6) is -0.833. The van der Waals surface area contributed by atoms with Gasteiger partial charge in [0.05, 0.1) is 0 Å². The summed E-state index contributed by atoms with van der Waals surface area (Å²) >= 11 is 0. The molecule has 0 saturated carbocycles. The van der Waals surface area contributed by atoms with Crippen LogP contribution in [0.4, 0.5) is 0 Å². The molecule has 0 aromatic heterocycles. The molecule has 0 radical (unpaired) electrons. The third kappa shape index (κ3) is 5.56. The maximum atomic E-state index is 9.00. The van der Waals surface area contributed by atoms with Crippen LogP contribution in [-0.4, -0.2) is 23.2 Å². The van der Waals surface area contributed by atoms with Crippen molar-refractivity contribution >= 4 is 5.97 Å². The van der Waals surface area contributed by atoms with Gasteiger partial charge in [0.2, 0.25) is 0 Å². The van der Waals surface area contributed by atoms with Crippen molar-refractivity contribution in [2.24, 2.45) is 0 Å². The van der Waals surface area contributed by atoms with Gasteiger partial charge in [-0.1, -0.05) is 0 Å². The highest BCUT2D eigenvalue weighted by Crippen LogP contribution is 2.07. The lowest BCUT2D eigenvalue weighted by molar-refractivity contribution is -0.134. The number of carboxylic acid groups (broad SMARTS) is 1. The van der Waals surface area contributed by atoms with Crippen LogP contribution in [0.25, 0.3) is 0 Å². The molecule has 1 heterocycles. The Morgan fingerprint density at radius 2 is 1.70 bits per heavy atom. The molecule has 1 fully saturated rings. The van der Waals surface area contributed by atoms with Crippen molar-refractivity contribution in [3.05, 3.63) is 0 Å². The Balaban J connectivity index is 0.000000180. The first kappa shape index (κ1) is 9.43. The Morgan fingerprint density at radius 3 is 1.70 bits per heavy atom. The van der Waals surface area contributed by atoms with Crippen LogP contribution in [0.15, 0.2) is 0 Å². The van der Waals surface area contributed by atoms with Gasteiger partial charge in [0.15, 0.2) is 0 Å². The van der Waals surface area contributed by atoms with Crippen molar-refractivity contribution in [3.8, 4) is 0 Å². The first-order chi connectivity index (χ1) is 4.52. The summed E-state index contributed by atoms with van der Waals surface area (Å²) in [6, 6.07) is 1.58. The molecule has 1 rings (SSSR count).